The lowest BCUT2D eigenvalue weighted by molar-refractivity contribution is 0.523. The van der Waals surface area contributed by atoms with Crippen molar-refractivity contribution in [3.63, 3.8) is 0 Å². The molecule has 0 radical (unpaired) electrons. The molecule has 2 rings (SSSR count). The van der Waals surface area contributed by atoms with Crippen molar-refractivity contribution in [2.75, 3.05) is 7.05 Å². The molecule has 0 heterocycles. The molecule has 5 nitrogen and oxygen atoms in total. The van der Waals surface area contributed by atoms with Crippen molar-refractivity contribution in [1.82, 2.24) is 16.0 Å². The maximum atomic E-state index is 5.31. The summed E-state index contributed by atoms with van der Waals surface area (Å²) in [5.41, 5.74) is 20.9. The summed E-state index contributed by atoms with van der Waals surface area (Å²) in [6.45, 7) is 35.3. The molecule has 0 spiro atoms. The predicted octanol–water partition coefficient (Wildman–Crippen LogP) is 7.82. The SMILES string of the molecule is C#C.C=C(C)NC(NC)c1ccc2c(c1)CC[C@@H]2NC(=C)C(=C)/C=C(\C)C(=C)C.C=CN.CC.CC(C)=C(C)N. The average Bonchev–Trinajstić information content (AvgIpc) is 3.31. The summed E-state index contributed by atoms with van der Waals surface area (Å²) in [7, 11) is 1.95. The van der Waals surface area contributed by atoms with E-state index in [0.29, 0.717) is 0 Å². The molecule has 222 valence electrons. The van der Waals surface area contributed by atoms with Gasteiger partial charge < -0.3 is 22.1 Å². The molecular formula is C35H57N5. The molecule has 0 aliphatic heterocycles. The molecule has 1 aliphatic rings. The van der Waals surface area contributed by atoms with Gasteiger partial charge in [-0.3, -0.25) is 5.32 Å². The van der Waals surface area contributed by atoms with Crippen LogP contribution in [0.4, 0.5) is 0 Å². The van der Waals surface area contributed by atoms with Gasteiger partial charge in [0.25, 0.3) is 0 Å². The maximum Gasteiger partial charge on any atom is 0.103 e. The highest BCUT2D eigenvalue weighted by molar-refractivity contribution is 5.44. The van der Waals surface area contributed by atoms with E-state index < -0.39 is 0 Å². The van der Waals surface area contributed by atoms with Crippen molar-refractivity contribution in [3.8, 4) is 12.8 Å². The molecule has 40 heavy (non-hydrogen) atoms. The van der Waals surface area contributed by atoms with Crippen LogP contribution < -0.4 is 27.4 Å². The third-order valence-corrected chi connectivity index (χ3v) is 5.85. The van der Waals surface area contributed by atoms with Gasteiger partial charge in [0.15, 0.2) is 0 Å². The van der Waals surface area contributed by atoms with Crippen LogP contribution in [0.25, 0.3) is 0 Å². The predicted molar refractivity (Wildman–Crippen MR) is 181 cm³/mol. The highest BCUT2D eigenvalue weighted by Gasteiger charge is 2.24. The van der Waals surface area contributed by atoms with Crippen molar-refractivity contribution < 1.29 is 0 Å². The van der Waals surface area contributed by atoms with Crippen LogP contribution in [0.3, 0.4) is 0 Å². The van der Waals surface area contributed by atoms with Crippen LogP contribution in [0.5, 0.6) is 0 Å². The van der Waals surface area contributed by atoms with Crippen LogP contribution in [-0.2, 0) is 6.42 Å². The zero-order valence-corrected chi connectivity index (χ0v) is 26.8. The first kappa shape index (κ1) is 40.6. The van der Waals surface area contributed by atoms with E-state index in [1.807, 2.05) is 68.5 Å². The Kier molecular flexibility index (Phi) is 23.4. The molecule has 1 aromatic rings. The average molecular weight is 548 g/mol. The fourth-order valence-electron chi connectivity index (χ4n) is 3.31. The molecular weight excluding hydrogens is 490 g/mol. The molecule has 5 heteroatoms. The van der Waals surface area contributed by atoms with Crippen LogP contribution in [0.1, 0.15) is 90.7 Å². The minimum atomic E-state index is 0.0739. The standard InChI is InChI=1S/C24H33N3.C5H11N.C2H5N.C2H6.C2H2/c1-15(2)17(5)13-18(6)19(7)27-23-12-10-20-14-21(9-11-22(20)23)24(25-8)26-16(3)4;1-4(2)5(3)6;1-2-3;2*1-2/h9,11,13-14,23-27H,1,3,6-7,10,12H2,2,4-5,8H3;6H2,1-3H3;2H,1,3H2;1-2H3;1-2H/b17-13+;;;;/t23-,24?;;;;/m0..../s1. The molecule has 0 fully saturated rings. The highest BCUT2D eigenvalue weighted by Crippen LogP contribution is 2.34. The van der Waals surface area contributed by atoms with Gasteiger partial charge in [-0.2, -0.15) is 0 Å². The second kappa shape index (κ2) is 23.0. The van der Waals surface area contributed by atoms with E-state index in [2.05, 4.69) is 85.6 Å². The van der Waals surface area contributed by atoms with E-state index >= 15 is 0 Å². The van der Waals surface area contributed by atoms with Gasteiger partial charge in [0, 0.05) is 17.1 Å². The Balaban J connectivity index is -0.000000891. The summed E-state index contributed by atoms with van der Waals surface area (Å²) in [6, 6.07) is 6.97. The first-order valence-electron chi connectivity index (χ1n) is 13.5. The zero-order valence-electron chi connectivity index (χ0n) is 26.8. The molecule has 0 bridgehead atoms. The maximum absolute atomic E-state index is 5.31. The van der Waals surface area contributed by atoms with E-state index in [1.54, 1.807) is 0 Å². The molecule has 2 atom stereocenters. The molecule has 7 N–H and O–H groups in total. The Hall–Kier alpha value is -3.88. The van der Waals surface area contributed by atoms with Crippen LogP contribution in [0.2, 0.25) is 0 Å². The molecule has 1 unspecified atom stereocenters. The number of benzene rings is 1. The Bertz CT molecular complexity index is 1030. The van der Waals surface area contributed by atoms with Gasteiger partial charge >= 0.3 is 0 Å². The number of hydrogen-bond donors (Lipinski definition) is 5. The van der Waals surface area contributed by atoms with Crippen molar-refractivity contribution >= 4 is 0 Å². The summed E-state index contributed by atoms with van der Waals surface area (Å²) >= 11 is 0. The number of hydrogen-bond acceptors (Lipinski definition) is 5. The molecule has 0 amide bonds. The van der Waals surface area contributed by atoms with E-state index in [1.165, 1.54) is 28.5 Å². The van der Waals surface area contributed by atoms with Crippen molar-refractivity contribution in [2.45, 2.75) is 80.4 Å². The second-order valence-electron chi connectivity index (χ2n) is 9.37. The monoisotopic (exact) mass is 547 g/mol. The normalized spacial score (nSPS) is 13.2. The molecule has 0 saturated carbocycles. The fourth-order valence-corrected chi connectivity index (χ4v) is 3.31. The Morgan fingerprint density at radius 2 is 1.52 bits per heavy atom. The zero-order chi connectivity index (χ0) is 32.0. The summed E-state index contributed by atoms with van der Waals surface area (Å²) in [5, 5.41) is 10.2. The quantitative estimate of drug-likeness (QED) is 0.124. The number of aryl methyl sites for hydroxylation is 1. The van der Waals surface area contributed by atoms with Crippen LogP contribution in [-0.4, -0.2) is 7.05 Å². The molecule has 0 saturated heterocycles. The van der Waals surface area contributed by atoms with E-state index in [-0.39, 0.29) is 12.2 Å². The van der Waals surface area contributed by atoms with Gasteiger partial charge in [0.1, 0.15) is 6.17 Å². The third kappa shape index (κ3) is 16.2. The minimum absolute atomic E-state index is 0.0739. The largest absolute Gasteiger partial charge is 0.405 e. The number of nitrogens with one attached hydrogen (secondary N) is 3. The van der Waals surface area contributed by atoms with Gasteiger partial charge in [-0.15, -0.1) is 12.8 Å². The number of fused-ring (bicyclic) bond motifs is 1. The van der Waals surface area contributed by atoms with E-state index in [9.17, 15) is 0 Å². The van der Waals surface area contributed by atoms with Gasteiger partial charge in [-0.05, 0) is 95.5 Å². The summed E-state index contributed by atoms with van der Waals surface area (Å²) in [6.07, 6.45) is 13.5. The smallest absolute Gasteiger partial charge is 0.103 e. The lowest BCUT2D eigenvalue weighted by Gasteiger charge is -2.22. The van der Waals surface area contributed by atoms with E-state index in [0.717, 1.165) is 46.7 Å². The third-order valence-electron chi connectivity index (χ3n) is 5.85. The highest BCUT2D eigenvalue weighted by atomic mass is 15.1. The summed E-state index contributed by atoms with van der Waals surface area (Å²) in [5.74, 6) is 0. The van der Waals surface area contributed by atoms with Crippen LogP contribution in [0, 0.1) is 12.8 Å². The second-order valence-corrected chi connectivity index (χ2v) is 9.37. The first-order valence-corrected chi connectivity index (χ1v) is 13.5. The summed E-state index contributed by atoms with van der Waals surface area (Å²) in [4.78, 5) is 0. The Morgan fingerprint density at radius 1 is 1.02 bits per heavy atom. The van der Waals surface area contributed by atoms with E-state index in [4.69, 9.17) is 5.73 Å². The minimum Gasteiger partial charge on any atom is -0.405 e. The van der Waals surface area contributed by atoms with Gasteiger partial charge in [0.2, 0.25) is 0 Å². The Morgan fingerprint density at radius 3 is 1.93 bits per heavy atom. The fraction of sp³-hybridized carbons (Fsp3) is 0.371. The lowest BCUT2D eigenvalue weighted by Crippen LogP contribution is -2.30. The number of nitrogens with two attached hydrogens (primary N) is 2. The van der Waals surface area contributed by atoms with Crippen molar-refractivity contribution in [2.24, 2.45) is 11.5 Å². The van der Waals surface area contributed by atoms with Crippen LogP contribution in [0.15, 0.2) is 103 Å². The molecule has 1 aliphatic carbocycles. The topological polar surface area (TPSA) is 88.1 Å². The van der Waals surface area contributed by atoms with Crippen molar-refractivity contribution in [1.29, 1.82) is 0 Å². The van der Waals surface area contributed by atoms with Gasteiger partial charge in [0.05, 0.1) is 6.04 Å². The van der Waals surface area contributed by atoms with Crippen molar-refractivity contribution in [3.05, 3.63) is 119 Å². The summed E-state index contributed by atoms with van der Waals surface area (Å²) < 4.78 is 0. The molecule has 1 aromatic carbocycles. The number of rotatable bonds is 9. The van der Waals surface area contributed by atoms with Gasteiger partial charge in [-0.1, -0.05) is 82.2 Å². The van der Waals surface area contributed by atoms with Gasteiger partial charge in [-0.25, -0.2) is 0 Å². The number of allylic oxidation sites excluding steroid dienone is 6. The number of terminal acetylenes is 1. The molecule has 0 aromatic heterocycles. The lowest BCUT2D eigenvalue weighted by atomic mass is 10.0. The first-order chi connectivity index (χ1) is 18.8. The Labute approximate surface area is 247 Å². The van der Waals surface area contributed by atoms with Crippen LogP contribution >= 0.6 is 0 Å².